The van der Waals surface area contributed by atoms with Gasteiger partial charge in [-0.3, -0.25) is 4.79 Å². The lowest BCUT2D eigenvalue weighted by molar-refractivity contribution is 0.0944. The molecule has 78 valence electrons. The van der Waals surface area contributed by atoms with E-state index in [-0.39, 0.29) is 5.91 Å². The van der Waals surface area contributed by atoms with Crippen LogP contribution in [0.5, 0.6) is 0 Å². The Bertz CT molecular complexity index is 304. The molecule has 0 aliphatic carbocycles. The Hall–Kier alpha value is -1.29. The standard InChI is InChI=1S/C10H17N3O/c1-8(2)13-7-3-4-9(13)10(14)12-6-5-11/h3-4,7-8H,5-6,11H2,1-2H3,(H,12,14). The summed E-state index contributed by atoms with van der Waals surface area (Å²) in [5, 5.41) is 2.75. The molecule has 0 fully saturated rings. The third-order valence-electron chi connectivity index (χ3n) is 2.00. The molecule has 14 heavy (non-hydrogen) atoms. The maximum Gasteiger partial charge on any atom is 0.267 e. The smallest absolute Gasteiger partial charge is 0.267 e. The molecule has 0 saturated carbocycles. The molecule has 0 atom stereocenters. The van der Waals surface area contributed by atoms with Gasteiger partial charge in [0, 0.05) is 25.3 Å². The van der Waals surface area contributed by atoms with E-state index in [0.29, 0.717) is 24.8 Å². The Morgan fingerprint density at radius 2 is 2.36 bits per heavy atom. The predicted molar refractivity (Wildman–Crippen MR) is 56.2 cm³/mol. The van der Waals surface area contributed by atoms with Gasteiger partial charge in [0.2, 0.25) is 0 Å². The van der Waals surface area contributed by atoms with Gasteiger partial charge in [-0.1, -0.05) is 0 Å². The highest BCUT2D eigenvalue weighted by molar-refractivity contribution is 5.92. The lowest BCUT2D eigenvalue weighted by Gasteiger charge is -2.12. The van der Waals surface area contributed by atoms with E-state index in [4.69, 9.17) is 5.73 Å². The fourth-order valence-electron chi connectivity index (χ4n) is 1.31. The molecule has 1 heterocycles. The average Bonchev–Trinajstić information content (AvgIpc) is 2.62. The van der Waals surface area contributed by atoms with E-state index >= 15 is 0 Å². The van der Waals surface area contributed by atoms with E-state index < -0.39 is 0 Å². The molecule has 0 unspecified atom stereocenters. The minimum atomic E-state index is -0.0610. The molecule has 0 bridgehead atoms. The molecule has 3 N–H and O–H groups in total. The number of hydrogen-bond donors (Lipinski definition) is 2. The number of amides is 1. The van der Waals surface area contributed by atoms with Gasteiger partial charge in [0.05, 0.1) is 0 Å². The van der Waals surface area contributed by atoms with Crippen LogP contribution in [0.1, 0.15) is 30.4 Å². The van der Waals surface area contributed by atoms with Gasteiger partial charge in [-0.2, -0.15) is 0 Å². The van der Waals surface area contributed by atoms with Crippen molar-refractivity contribution in [3.8, 4) is 0 Å². The molecule has 4 nitrogen and oxygen atoms in total. The van der Waals surface area contributed by atoms with E-state index in [2.05, 4.69) is 5.32 Å². The Kier molecular flexibility index (Phi) is 3.71. The van der Waals surface area contributed by atoms with Gasteiger partial charge >= 0.3 is 0 Å². The molecule has 0 aromatic carbocycles. The lowest BCUT2D eigenvalue weighted by atomic mass is 10.3. The summed E-state index contributed by atoms with van der Waals surface area (Å²) >= 11 is 0. The summed E-state index contributed by atoms with van der Waals surface area (Å²) in [6.07, 6.45) is 1.90. The molecule has 0 spiro atoms. The van der Waals surface area contributed by atoms with E-state index in [9.17, 15) is 4.79 Å². The number of aromatic nitrogens is 1. The second-order valence-electron chi connectivity index (χ2n) is 3.44. The van der Waals surface area contributed by atoms with Gasteiger partial charge in [0.15, 0.2) is 0 Å². The van der Waals surface area contributed by atoms with Crippen molar-refractivity contribution >= 4 is 5.91 Å². The zero-order valence-electron chi connectivity index (χ0n) is 8.66. The van der Waals surface area contributed by atoms with Crippen molar-refractivity contribution in [2.75, 3.05) is 13.1 Å². The van der Waals surface area contributed by atoms with Gasteiger partial charge in [0.25, 0.3) is 5.91 Å². The SMILES string of the molecule is CC(C)n1cccc1C(=O)NCCN. The lowest BCUT2D eigenvalue weighted by Crippen LogP contribution is -2.30. The van der Waals surface area contributed by atoms with E-state index in [1.165, 1.54) is 0 Å². The van der Waals surface area contributed by atoms with E-state index in [1.807, 2.05) is 36.7 Å². The minimum absolute atomic E-state index is 0.0610. The number of nitrogens with one attached hydrogen (secondary N) is 1. The van der Waals surface area contributed by atoms with Crippen molar-refractivity contribution in [2.24, 2.45) is 5.73 Å². The highest BCUT2D eigenvalue weighted by Gasteiger charge is 2.11. The number of carbonyl (C=O) groups excluding carboxylic acids is 1. The zero-order valence-corrected chi connectivity index (χ0v) is 8.66. The first kappa shape index (κ1) is 10.8. The van der Waals surface area contributed by atoms with Crippen LogP contribution in [-0.2, 0) is 0 Å². The summed E-state index contributed by atoms with van der Waals surface area (Å²) in [4.78, 5) is 11.6. The van der Waals surface area contributed by atoms with Crippen molar-refractivity contribution in [2.45, 2.75) is 19.9 Å². The highest BCUT2D eigenvalue weighted by Crippen LogP contribution is 2.10. The normalized spacial score (nSPS) is 10.6. The molecule has 1 aromatic heterocycles. The quantitative estimate of drug-likeness (QED) is 0.745. The van der Waals surface area contributed by atoms with Crippen molar-refractivity contribution in [1.29, 1.82) is 0 Å². The topological polar surface area (TPSA) is 60.0 Å². The van der Waals surface area contributed by atoms with E-state index in [1.54, 1.807) is 0 Å². The number of carbonyl (C=O) groups is 1. The summed E-state index contributed by atoms with van der Waals surface area (Å²) in [6.45, 7) is 5.07. The van der Waals surface area contributed by atoms with Crippen LogP contribution in [-0.4, -0.2) is 23.6 Å². The summed E-state index contributed by atoms with van der Waals surface area (Å²) in [7, 11) is 0. The highest BCUT2D eigenvalue weighted by atomic mass is 16.1. The average molecular weight is 195 g/mol. The molecule has 1 rings (SSSR count). The fourth-order valence-corrected chi connectivity index (χ4v) is 1.31. The molecular formula is C10H17N3O. The first-order valence-corrected chi connectivity index (χ1v) is 4.82. The molecule has 4 heteroatoms. The second-order valence-corrected chi connectivity index (χ2v) is 3.44. The molecule has 0 aliphatic heterocycles. The van der Waals surface area contributed by atoms with Gasteiger partial charge in [-0.25, -0.2) is 0 Å². The molecular weight excluding hydrogens is 178 g/mol. The number of nitrogens with zero attached hydrogens (tertiary/aromatic N) is 1. The summed E-state index contributed by atoms with van der Waals surface area (Å²) in [6, 6.07) is 3.98. The maximum atomic E-state index is 11.6. The van der Waals surface area contributed by atoms with Gasteiger partial charge in [-0.15, -0.1) is 0 Å². The van der Waals surface area contributed by atoms with Crippen LogP contribution >= 0.6 is 0 Å². The Morgan fingerprint density at radius 1 is 1.64 bits per heavy atom. The van der Waals surface area contributed by atoms with Gasteiger partial charge in [0.1, 0.15) is 5.69 Å². The summed E-state index contributed by atoms with van der Waals surface area (Å²) in [5.74, 6) is -0.0610. The Labute approximate surface area is 84.1 Å². The van der Waals surface area contributed by atoms with Gasteiger partial charge in [-0.05, 0) is 26.0 Å². The van der Waals surface area contributed by atoms with Crippen molar-refractivity contribution < 1.29 is 4.79 Å². The predicted octanol–water partition coefficient (Wildman–Crippen LogP) is 0.758. The minimum Gasteiger partial charge on any atom is -0.349 e. The van der Waals surface area contributed by atoms with Crippen LogP contribution in [0, 0.1) is 0 Å². The molecule has 0 saturated heterocycles. The molecule has 0 radical (unpaired) electrons. The molecule has 1 amide bonds. The van der Waals surface area contributed by atoms with Crippen LogP contribution in [0.2, 0.25) is 0 Å². The number of nitrogens with two attached hydrogens (primary N) is 1. The van der Waals surface area contributed by atoms with Crippen LogP contribution in [0.25, 0.3) is 0 Å². The Balaban J connectivity index is 2.74. The van der Waals surface area contributed by atoms with Crippen molar-refractivity contribution in [3.05, 3.63) is 24.0 Å². The van der Waals surface area contributed by atoms with Gasteiger partial charge < -0.3 is 15.6 Å². The summed E-state index contributed by atoms with van der Waals surface area (Å²) < 4.78 is 1.94. The zero-order chi connectivity index (χ0) is 10.6. The number of hydrogen-bond acceptors (Lipinski definition) is 2. The second kappa shape index (κ2) is 4.81. The monoisotopic (exact) mass is 195 g/mol. The first-order chi connectivity index (χ1) is 6.66. The Morgan fingerprint density at radius 3 is 2.93 bits per heavy atom. The van der Waals surface area contributed by atoms with Crippen LogP contribution in [0.3, 0.4) is 0 Å². The van der Waals surface area contributed by atoms with Crippen LogP contribution < -0.4 is 11.1 Å². The molecule has 1 aromatic rings. The van der Waals surface area contributed by atoms with Crippen molar-refractivity contribution in [1.82, 2.24) is 9.88 Å². The third kappa shape index (κ3) is 2.35. The first-order valence-electron chi connectivity index (χ1n) is 4.82. The molecule has 0 aliphatic rings. The fraction of sp³-hybridized carbons (Fsp3) is 0.500. The number of rotatable bonds is 4. The van der Waals surface area contributed by atoms with Crippen LogP contribution in [0.4, 0.5) is 0 Å². The van der Waals surface area contributed by atoms with Crippen LogP contribution in [0.15, 0.2) is 18.3 Å². The maximum absolute atomic E-state index is 11.6. The van der Waals surface area contributed by atoms with E-state index in [0.717, 1.165) is 0 Å². The summed E-state index contributed by atoms with van der Waals surface area (Å²) in [5.41, 5.74) is 5.99. The van der Waals surface area contributed by atoms with Crippen molar-refractivity contribution in [3.63, 3.8) is 0 Å². The third-order valence-corrected chi connectivity index (χ3v) is 2.00. The largest absolute Gasteiger partial charge is 0.349 e.